The molecule has 1 aromatic rings. The average molecular weight is 262 g/mol. The van der Waals surface area contributed by atoms with E-state index >= 15 is 0 Å². The average Bonchev–Trinajstić information content (AvgIpc) is 2.32. The van der Waals surface area contributed by atoms with Crippen molar-refractivity contribution in [3.63, 3.8) is 0 Å². The molecule has 1 aliphatic carbocycles. The Morgan fingerprint density at radius 2 is 2.00 bits per heavy atom. The Balaban J connectivity index is 1.99. The molecule has 0 radical (unpaired) electrons. The molecule has 0 bridgehead atoms. The summed E-state index contributed by atoms with van der Waals surface area (Å²) < 4.78 is 0. The molecule has 2 aliphatic rings. The highest BCUT2D eigenvalue weighted by Crippen LogP contribution is 2.46. The topological polar surface area (TPSA) is 20.2 Å². The van der Waals surface area contributed by atoms with E-state index in [0.717, 1.165) is 12.8 Å². The maximum Gasteiger partial charge on any atom is 0.101 e. The van der Waals surface area contributed by atoms with Crippen LogP contribution in [0.2, 0.25) is 0 Å². The molecule has 2 unspecified atom stereocenters. The van der Waals surface area contributed by atoms with Crippen molar-refractivity contribution in [2.45, 2.75) is 55.8 Å². The molecule has 98 valence electrons. The fourth-order valence-corrected chi connectivity index (χ4v) is 4.45. The summed E-state index contributed by atoms with van der Waals surface area (Å²) in [6.07, 6.45) is 6.00. The summed E-state index contributed by atoms with van der Waals surface area (Å²) in [7, 11) is 0. The zero-order valence-electron chi connectivity index (χ0n) is 11.1. The first-order valence-corrected chi connectivity index (χ1v) is 8.20. The molecule has 1 saturated heterocycles. The van der Waals surface area contributed by atoms with Crippen molar-refractivity contribution >= 4 is 11.8 Å². The van der Waals surface area contributed by atoms with Gasteiger partial charge in [0.2, 0.25) is 0 Å². The lowest BCUT2D eigenvalue weighted by Gasteiger charge is -2.41. The standard InChI is InChI=1S/C16H22OS/c1-12-16(17,10-5-11-18-12)15-9-3-2-8-14(15)13-6-4-7-13/h2-3,8-9,12-13,17H,4-7,10-11H2,1H3. The highest BCUT2D eigenvalue weighted by Gasteiger charge is 2.40. The Bertz CT molecular complexity index is 427. The minimum Gasteiger partial charge on any atom is -0.384 e. The molecular weight excluding hydrogens is 240 g/mol. The van der Waals surface area contributed by atoms with Crippen molar-refractivity contribution in [1.82, 2.24) is 0 Å². The van der Waals surface area contributed by atoms with Crippen molar-refractivity contribution in [1.29, 1.82) is 0 Å². The fraction of sp³-hybridized carbons (Fsp3) is 0.625. The SMILES string of the molecule is CC1SCCCC1(O)c1ccccc1C1CCC1. The molecule has 1 nitrogen and oxygen atoms in total. The number of rotatable bonds is 2. The molecule has 1 N–H and O–H groups in total. The summed E-state index contributed by atoms with van der Waals surface area (Å²) in [4.78, 5) is 0. The van der Waals surface area contributed by atoms with Gasteiger partial charge in [-0.1, -0.05) is 37.6 Å². The molecular formula is C16H22OS. The molecule has 3 rings (SSSR count). The van der Waals surface area contributed by atoms with Gasteiger partial charge in [-0.25, -0.2) is 0 Å². The number of thioether (sulfide) groups is 1. The summed E-state index contributed by atoms with van der Waals surface area (Å²) in [6.45, 7) is 2.18. The zero-order chi connectivity index (χ0) is 12.6. The van der Waals surface area contributed by atoms with Crippen LogP contribution >= 0.6 is 11.8 Å². The maximum atomic E-state index is 11.1. The largest absolute Gasteiger partial charge is 0.384 e. The Morgan fingerprint density at radius 1 is 1.22 bits per heavy atom. The second-order valence-corrected chi connectivity index (χ2v) is 7.20. The molecule has 0 aromatic heterocycles. The van der Waals surface area contributed by atoms with Crippen molar-refractivity contribution in [2.75, 3.05) is 5.75 Å². The van der Waals surface area contributed by atoms with Crippen LogP contribution in [-0.2, 0) is 5.60 Å². The summed E-state index contributed by atoms with van der Waals surface area (Å²) in [5.41, 5.74) is 2.03. The van der Waals surface area contributed by atoms with Crippen molar-refractivity contribution in [3.05, 3.63) is 35.4 Å². The van der Waals surface area contributed by atoms with E-state index in [4.69, 9.17) is 0 Å². The molecule has 0 amide bonds. The van der Waals surface area contributed by atoms with Gasteiger partial charge in [0.15, 0.2) is 0 Å². The third kappa shape index (κ3) is 2.00. The molecule has 0 spiro atoms. The number of hydrogen-bond acceptors (Lipinski definition) is 2. The van der Waals surface area contributed by atoms with E-state index < -0.39 is 5.60 Å². The molecule has 1 aliphatic heterocycles. The normalized spacial score (nSPS) is 33.1. The lowest BCUT2D eigenvalue weighted by Crippen LogP contribution is -2.40. The predicted molar refractivity (Wildman–Crippen MR) is 78.1 cm³/mol. The summed E-state index contributed by atoms with van der Waals surface area (Å²) in [5, 5.41) is 11.5. The van der Waals surface area contributed by atoms with E-state index in [1.165, 1.54) is 36.1 Å². The second-order valence-electron chi connectivity index (χ2n) is 5.76. The van der Waals surface area contributed by atoms with Crippen LogP contribution < -0.4 is 0 Å². The van der Waals surface area contributed by atoms with Crippen LogP contribution in [0.25, 0.3) is 0 Å². The highest BCUT2D eigenvalue weighted by atomic mass is 32.2. The van der Waals surface area contributed by atoms with Crippen molar-refractivity contribution < 1.29 is 5.11 Å². The fourth-order valence-electron chi connectivity index (χ4n) is 3.26. The first kappa shape index (κ1) is 12.6. The van der Waals surface area contributed by atoms with E-state index in [1.807, 2.05) is 11.8 Å². The molecule has 1 heterocycles. The number of benzene rings is 1. The van der Waals surface area contributed by atoms with Gasteiger partial charge in [0.05, 0.1) is 0 Å². The highest BCUT2D eigenvalue weighted by molar-refractivity contribution is 8.00. The quantitative estimate of drug-likeness (QED) is 0.867. The Hall–Kier alpha value is -0.470. The molecule has 1 saturated carbocycles. The number of aliphatic hydroxyl groups is 1. The Kier molecular flexibility index (Phi) is 3.42. The second kappa shape index (κ2) is 4.90. The van der Waals surface area contributed by atoms with E-state index in [2.05, 4.69) is 31.2 Å². The predicted octanol–water partition coefficient (Wildman–Crippen LogP) is 4.06. The molecule has 2 heteroatoms. The lowest BCUT2D eigenvalue weighted by atomic mass is 9.73. The number of hydrogen-bond donors (Lipinski definition) is 1. The summed E-state index contributed by atoms with van der Waals surface area (Å²) >= 11 is 1.92. The Labute approximate surface area is 114 Å². The van der Waals surface area contributed by atoms with Gasteiger partial charge >= 0.3 is 0 Å². The minimum atomic E-state index is -0.602. The van der Waals surface area contributed by atoms with Crippen LogP contribution in [-0.4, -0.2) is 16.1 Å². The third-order valence-electron chi connectivity index (χ3n) is 4.71. The van der Waals surface area contributed by atoms with E-state index in [0.29, 0.717) is 11.2 Å². The maximum absolute atomic E-state index is 11.1. The van der Waals surface area contributed by atoms with Gasteiger partial charge in [-0.2, -0.15) is 11.8 Å². The Morgan fingerprint density at radius 3 is 2.67 bits per heavy atom. The first-order chi connectivity index (χ1) is 8.72. The zero-order valence-corrected chi connectivity index (χ0v) is 11.9. The van der Waals surface area contributed by atoms with Crippen molar-refractivity contribution in [3.8, 4) is 0 Å². The lowest BCUT2D eigenvalue weighted by molar-refractivity contribution is 0.0238. The summed E-state index contributed by atoms with van der Waals surface area (Å²) in [5.74, 6) is 1.89. The van der Waals surface area contributed by atoms with Gasteiger partial charge < -0.3 is 5.11 Å². The molecule has 2 fully saturated rings. The van der Waals surface area contributed by atoms with Crippen LogP contribution in [0.1, 0.15) is 56.1 Å². The monoisotopic (exact) mass is 262 g/mol. The van der Waals surface area contributed by atoms with Gasteiger partial charge in [0, 0.05) is 5.25 Å². The van der Waals surface area contributed by atoms with Gasteiger partial charge in [0.25, 0.3) is 0 Å². The van der Waals surface area contributed by atoms with Gasteiger partial charge in [-0.3, -0.25) is 0 Å². The van der Waals surface area contributed by atoms with E-state index in [1.54, 1.807) is 0 Å². The molecule has 18 heavy (non-hydrogen) atoms. The molecule has 2 atom stereocenters. The van der Waals surface area contributed by atoms with Crippen LogP contribution in [0.5, 0.6) is 0 Å². The smallest absolute Gasteiger partial charge is 0.101 e. The third-order valence-corrected chi connectivity index (χ3v) is 6.13. The van der Waals surface area contributed by atoms with E-state index in [9.17, 15) is 5.11 Å². The van der Waals surface area contributed by atoms with Gasteiger partial charge in [-0.15, -0.1) is 0 Å². The van der Waals surface area contributed by atoms with Crippen LogP contribution in [0.4, 0.5) is 0 Å². The van der Waals surface area contributed by atoms with Crippen molar-refractivity contribution in [2.24, 2.45) is 0 Å². The summed E-state index contributed by atoms with van der Waals surface area (Å²) in [6, 6.07) is 8.61. The van der Waals surface area contributed by atoms with E-state index in [-0.39, 0.29) is 0 Å². The van der Waals surface area contributed by atoms with Crippen LogP contribution in [0.3, 0.4) is 0 Å². The van der Waals surface area contributed by atoms with Crippen LogP contribution in [0.15, 0.2) is 24.3 Å². The molecule has 1 aromatic carbocycles. The van der Waals surface area contributed by atoms with Gasteiger partial charge in [0.1, 0.15) is 5.60 Å². The van der Waals surface area contributed by atoms with Gasteiger partial charge in [-0.05, 0) is 48.5 Å². The van der Waals surface area contributed by atoms with Crippen LogP contribution in [0, 0.1) is 0 Å². The minimum absolute atomic E-state index is 0.312. The first-order valence-electron chi connectivity index (χ1n) is 7.15.